The quantitative estimate of drug-likeness (QED) is 0.440. The number of benzene rings is 1. The third kappa shape index (κ3) is 6.15. The lowest BCUT2D eigenvalue weighted by atomic mass is 10.1. The van der Waals surface area contributed by atoms with Gasteiger partial charge in [-0.1, -0.05) is 6.92 Å². The maximum absolute atomic E-state index is 12.0. The van der Waals surface area contributed by atoms with E-state index in [0.29, 0.717) is 41.5 Å². The molecule has 0 fully saturated rings. The summed E-state index contributed by atoms with van der Waals surface area (Å²) in [5.74, 6) is 0.244. The van der Waals surface area contributed by atoms with E-state index in [4.69, 9.17) is 9.47 Å². The zero-order valence-corrected chi connectivity index (χ0v) is 18.5. The third-order valence-electron chi connectivity index (χ3n) is 4.33. The molecule has 1 heterocycles. The lowest BCUT2D eigenvalue weighted by molar-refractivity contribution is 0.0531. The normalized spacial score (nSPS) is 12.4. The van der Waals surface area contributed by atoms with Crippen LogP contribution in [0.2, 0.25) is 0 Å². The van der Waals surface area contributed by atoms with Gasteiger partial charge in [0.2, 0.25) is 0 Å². The van der Waals surface area contributed by atoms with E-state index in [1.54, 1.807) is 38.1 Å². The molecule has 0 aliphatic carbocycles. The minimum absolute atomic E-state index is 0.0287. The molecule has 0 radical (unpaired) electrons. The van der Waals surface area contributed by atoms with Crippen molar-refractivity contribution in [3.05, 3.63) is 39.8 Å². The number of carbonyl (C=O) groups is 1. The third-order valence-corrected chi connectivity index (χ3v) is 6.65. The lowest BCUT2D eigenvalue weighted by Crippen LogP contribution is -2.31. The Kier molecular flexibility index (Phi) is 8.00. The summed E-state index contributed by atoms with van der Waals surface area (Å²) < 4.78 is 44.3. The summed E-state index contributed by atoms with van der Waals surface area (Å²) in [4.78, 5) is 16.9. The summed E-state index contributed by atoms with van der Waals surface area (Å²) in [7, 11) is -2.88. The SMILES string of the molecule is CCOC(=O)c1sc(C(C)CCCN(c2ccc(OC)cc2)S(=O)(=O)O)nc1C. The largest absolute Gasteiger partial charge is 0.497 e. The number of nitrogens with zero attached hydrogens (tertiary/aromatic N) is 2. The molecule has 0 aliphatic rings. The van der Waals surface area contributed by atoms with Gasteiger partial charge < -0.3 is 9.47 Å². The van der Waals surface area contributed by atoms with E-state index in [1.165, 1.54) is 18.4 Å². The van der Waals surface area contributed by atoms with E-state index in [1.807, 2.05) is 6.92 Å². The summed E-state index contributed by atoms with van der Waals surface area (Å²) in [6.45, 7) is 5.91. The Morgan fingerprint density at radius 2 is 1.97 bits per heavy atom. The topological polar surface area (TPSA) is 106 Å². The van der Waals surface area contributed by atoms with Gasteiger partial charge in [0.25, 0.3) is 0 Å². The van der Waals surface area contributed by atoms with E-state index >= 15 is 0 Å². The van der Waals surface area contributed by atoms with Crippen molar-refractivity contribution in [3.8, 4) is 5.75 Å². The van der Waals surface area contributed by atoms with Gasteiger partial charge >= 0.3 is 16.3 Å². The molecular weight excluding hydrogens is 416 g/mol. The highest BCUT2D eigenvalue weighted by Gasteiger charge is 2.22. The zero-order chi connectivity index (χ0) is 21.6. The van der Waals surface area contributed by atoms with Gasteiger partial charge in [0.05, 0.1) is 30.1 Å². The van der Waals surface area contributed by atoms with Crippen LogP contribution in [0.4, 0.5) is 5.69 Å². The summed E-state index contributed by atoms with van der Waals surface area (Å²) >= 11 is 1.30. The van der Waals surface area contributed by atoms with E-state index in [2.05, 4.69) is 4.98 Å². The summed E-state index contributed by atoms with van der Waals surface area (Å²) in [5.41, 5.74) is 0.990. The minimum atomic E-state index is -4.40. The number of aromatic nitrogens is 1. The van der Waals surface area contributed by atoms with Crippen LogP contribution in [0.1, 0.15) is 53.0 Å². The van der Waals surface area contributed by atoms with Crippen LogP contribution in [0.5, 0.6) is 5.75 Å². The maximum Gasteiger partial charge on any atom is 0.359 e. The van der Waals surface area contributed by atoms with Crippen molar-refractivity contribution in [1.29, 1.82) is 0 Å². The number of carbonyl (C=O) groups excluding carboxylic acids is 1. The first kappa shape index (κ1) is 23.1. The van der Waals surface area contributed by atoms with Gasteiger partial charge in [-0.3, -0.25) is 4.55 Å². The smallest absolute Gasteiger partial charge is 0.359 e. The van der Waals surface area contributed by atoms with Crippen LogP contribution in [-0.4, -0.2) is 44.2 Å². The predicted molar refractivity (Wildman–Crippen MR) is 112 cm³/mol. The molecule has 1 unspecified atom stereocenters. The minimum Gasteiger partial charge on any atom is -0.497 e. The molecule has 0 saturated heterocycles. The van der Waals surface area contributed by atoms with Crippen molar-refractivity contribution in [2.45, 2.75) is 39.5 Å². The Morgan fingerprint density at radius 3 is 2.52 bits per heavy atom. The number of rotatable bonds is 10. The number of ether oxygens (including phenoxy) is 2. The van der Waals surface area contributed by atoms with Crippen molar-refractivity contribution in [1.82, 2.24) is 4.98 Å². The zero-order valence-electron chi connectivity index (χ0n) is 16.9. The molecule has 2 aromatic rings. The van der Waals surface area contributed by atoms with E-state index in [0.717, 1.165) is 9.31 Å². The molecule has 8 nitrogen and oxygen atoms in total. The second-order valence-corrected chi connectivity index (χ2v) is 8.85. The van der Waals surface area contributed by atoms with Crippen LogP contribution in [0.15, 0.2) is 24.3 Å². The molecular formula is C19H26N2O6S2. The van der Waals surface area contributed by atoms with E-state index in [-0.39, 0.29) is 18.4 Å². The molecule has 0 amide bonds. The van der Waals surface area contributed by atoms with Crippen LogP contribution in [0.25, 0.3) is 0 Å². The number of thiazole rings is 1. The van der Waals surface area contributed by atoms with Crippen LogP contribution in [-0.2, 0) is 15.0 Å². The molecule has 29 heavy (non-hydrogen) atoms. The second-order valence-electron chi connectivity index (χ2n) is 6.48. The summed E-state index contributed by atoms with van der Waals surface area (Å²) in [6, 6.07) is 6.41. The van der Waals surface area contributed by atoms with Crippen LogP contribution in [0.3, 0.4) is 0 Å². The summed E-state index contributed by atoms with van der Waals surface area (Å²) in [6.07, 6.45) is 1.14. The molecule has 1 aromatic carbocycles. The molecule has 0 bridgehead atoms. The van der Waals surface area contributed by atoms with Gasteiger partial charge in [0, 0.05) is 12.5 Å². The van der Waals surface area contributed by atoms with Crippen molar-refractivity contribution in [2.75, 3.05) is 24.6 Å². The number of aryl methyl sites for hydroxylation is 1. The van der Waals surface area contributed by atoms with E-state index < -0.39 is 10.3 Å². The average Bonchev–Trinajstić information content (AvgIpc) is 3.06. The standard InChI is InChI=1S/C19H26N2O6S2/c1-5-27-19(22)17-14(3)20-18(28-17)13(2)7-6-12-21(29(23,24)25)15-8-10-16(26-4)11-9-15/h8-11,13H,5-7,12H2,1-4H3,(H,23,24,25). The second kappa shape index (κ2) is 10.0. The molecule has 10 heteroatoms. The van der Waals surface area contributed by atoms with Gasteiger partial charge in [-0.15, -0.1) is 11.3 Å². The Balaban J connectivity index is 2.03. The van der Waals surface area contributed by atoms with Gasteiger partial charge in [0.15, 0.2) is 0 Å². The van der Waals surface area contributed by atoms with Crippen molar-refractivity contribution in [3.63, 3.8) is 0 Å². The van der Waals surface area contributed by atoms with E-state index in [9.17, 15) is 17.8 Å². The Morgan fingerprint density at radius 1 is 1.31 bits per heavy atom. The molecule has 160 valence electrons. The first-order valence-electron chi connectivity index (χ1n) is 9.21. The van der Waals surface area contributed by atoms with Gasteiger partial charge in [-0.25, -0.2) is 14.1 Å². The Labute approximate surface area is 175 Å². The van der Waals surface area contributed by atoms with Crippen LogP contribution >= 0.6 is 11.3 Å². The molecule has 1 aromatic heterocycles. The average molecular weight is 443 g/mol. The number of hydrogen-bond donors (Lipinski definition) is 1. The Bertz CT molecular complexity index is 925. The maximum atomic E-state index is 12.0. The van der Waals surface area contributed by atoms with Crippen LogP contribution < -0.4 is 9.04 Å². The monoisotopic (exact) mass is 442 g/mol. The molecule has 0 saturated carbocycles. The van der Waals surface area contributed by atoms with Crippen LogP contribution in [0, 0.1) is 6.92 Å². The first-order valence-corrected chi connectivity index (χ1v) is 11.4. The lowest BCUT2D eigenvalue weighted by Gasteiger charge is -2.21. The molecule has 1 N–H and O–H groups in total. The molecule has 1 atom stereocenters. The van der Waals surface area contributed by atoms with Gasteiger partial charge in [-0.2, -0.15) is 8.42 Å². The fourth-order valence-electron chi connectivity index (χ4n) is 2.80. The highest BCUT2D eigenvalue weighted by molar-refractivity contribution is 7.87. The van der Waals surface area contributed by atoms with Crippen molar-refractivity contribution < 1.29 is 27.2 Å². The Hall–Kier alpha value is -2.17. The number of esters is 1. The highest BCUT2D eigenvalue weighted by atomic mass is 32.2. The van der Waals surface area contributed by atoms with Crippen molar-refractivity contribution >= 4 is 33.3 Å². The fraction of sp³-hybridized carbons (Fsp3) is 0.474. The van der Waals surface area contributed by atoms with Crippen molar-refractivity contribution in [2.24, 2.45) is 0 Å². The molecule has 2 rings (SSSR count). The number of methoxy groups -OCH3 is 1. The fourth-order valence-corrected chi connectivity index (χ4v) is 4.60. The highest BCUT2D eigenvalue weighted by Crippen LogP contribution is 2.29. The van der Waals surface area contributed by atoms with Gasteiger partial charge in [-0.05, 0) is 51.0 Å². The number of anilines is 1. The molecule has 0 spiro atoms. The van der Waals surface area contributed by atoms with Gasteiger partial charge in [0.1, 0.15) is 10.6 Å². The first-order chi connectivity index (χ1) is 13.7. The predicted octanol–water partition coefficient (Wildman–Crippen LogP) is 3.83. The number of hydrogen-bond acceptors (Lipinski definition) is 7. The summed E-state index contributed by atoms with van der Waals surface area (Å²) in [5, 5.41) is 0.799. The molecule has 0 aliphatic heterocycles.